The predicted octanol–water partition coefficient (Wildman–Crippen LogP) is 3.48. The molecule has 1 N–H and O–H groups in total. The van der Waals surface area contributed by atoms with E-state index in [1.165, 1.54) is 57.8 Å². The van der Waals surface area contributed by atoms with Crippen LogP contribution < -0.4 is 0 Å². The Morgan fingerprint density at radius 2 is 1.41 bits per heavy atom. The van der Waals surface area contributed by atoms with Gasteiger partial charge in [-0.2, -0.15) is 0 Å². The first-order valence-electron chi connectivity index (χ1n) is 6.95. The van der Waals surface area contributed by atoms with Crippen LogP contribution in [0.25, 0.3) is 0 Å². The van der Waals surface area contributed by atoms with Crippen LogP contribution in [0.5, 0.6) is 0 Å². The number of aromatic nitrogens is 4. The van der Waals surface area contributed by atoms with Crippen molar-refractivity contribution in [3.63, 3.8) is 0 Å². The molecule has 97 valence electrons. The topological polar surface area (TPSA) is 54.5 Å². The zero-order valence-corrected chi connectivity index (χ0v) is 10.8. The van der Waals surface area contributed by atoms with Gasteiger partial charge >= 0.3 is 0 Å². The number of unbranched alkanes of at least 4 members (excludes halogenated alkanes) is 9. The third-order valence-corrected chi connectivity index (χ3v) is 3.05. The molecule has 1 radical (unpaired) electrons. The van der Waals surface area contributed by atoms with E-state index < -0.39 is 0 Å². The molecule has 0 atom stereocenters. The van der Waals surface area contributed by atoms with Crippen LogP contribution in [0.4, 0.5) is 0 Å². The Balaban J connectivity index is 1.76. The Kier molecular flexibility index (Phi) is 8.51. The lowest BCUT2D eigenvalue weighted by atomic mass is 10.1. The van der Waals surface area contributed by atoms with Crippen LogP contribution >= 0.6 is 0 Å². The molecule has 0 aliphatic carbocycles. The van der Waals surface area contributed by atoms with Gasteiger partial charge in [0.2, 0.25) is 0 Å². The molecule has 1 rings (SSSR count). The zero-order valence-electron chi connectivity index (χ0n) is 10.8. The highest BCUT2D eigenvalue weighted by Gasteiger charge is 1.97. The summed E-state index contributed by atoms with van der Waals surface area (Å²) >= 11 is 0. The van der Waals surface area contributed by atoms with Gasteiger partial charge in [-0.25, -0.2) is 5.10 Å². The largest absolute Gasteiger partial charge is 0.243 e. The number of aromatic amines is 1. The van der Waals surface area contributed by atoms with Gasteiger partial charge < -0.3 is 0 Å². The van der Waals surface area contributed by atoms with Crippen LogP contribution in [0, 0.1) is 6.92 Å². The number of H-pyrrole nitrogens is 1. The van der Waals surface area contributed by atoms with Gasteiger partial charge in [0, 0.05) is 6.42 Å². The van der Waals surface area contributed by atoms with Crippen molar-refractivity contribution >= 4 is 0 Å². The summed E-state index contributed by atoms with van der Waals surface area (Å²) in [4.78, 5) is 0. The lowest BCUT2D eigenvalue weighted by Crippen LogP contribution is -1.89. The Bertz CT molecular complexity index is 246. The molecule has 1 aromatic heterocycles. The molecule has 1 heterocycles. The van der Waals surface area contributed by atoms with Crippen molar-refractivity contribution in [1.82, 2.24) is 20.6 Å². The van der Waals surface area contributed by atoms with Crippen molar-refractivity contribution < 1.29 is 0 Å². The van der Waals surface area contributed by atoms with E-state index in [4.69, 9.17) is 0 Å². The predicted molar refractivity (Wildman–Crippen MR) is 69.4 cm³/mol. The van der Waals surface area contributed by atoms with E-state index in [0.717, 1.165) is 18.7 Å². The maximum atomic E-state index is 3.87. The fraction of sp³-hybridized carbons (Fsp3) is 0.846. The second-order valence-corrected chi connectivity index (χ2v) is 4.63. The molecule has 0 amide bonds. The summed E-state index contributed by atoms with van der Waals surface area (Å²) in [7, 11) is 0. The van der Waals surface area contributed by atoms with E-state index in [0.29, 0.717) is 0 Å². The van der Waals surface area contributed by atoms with Crippen LogP contribution in [0.3, 0.4) is 0 Å². The number of nitrogens with zero attached hydrogens (tertiary/aromatic N) is 3. The monoisotopic (exact) mass is 237 g/mol. The first-order chi connectivity index (χ1) is 8.43. The Morgan fingerprint density at radius 1 is 0.824 bits per heavy atom. The van der Waals surface area contributed by atoms with Crippen LogP contribution in [0.1, 0.15) is 70.0 Å². The highest BCUT2D eigenvalue weighted by Crippen LogP contribution is 2.11. The summed E-state index contributed by atoms with van der Waals surface area (Å²) < 4.78 is 0. The third-order valence-electron chi connectivity index (χ3n) is 3.05. The lowest BCUT2D eigenvalue weighted by molar-refractivity contribution is 0.557. The molecule has 0 aliphatic rings. The van der Waals surface area contributed by atoms with Crippen molar-refractivity contribution in [1.29, 1.82) is 0 Å². The maximum absolute atomic E-state index is 3.87. The average Bonchev–Trinajstić information content (AvgIpc) is 2.85. The first-order valence-corrected chi connectivity index (χ1v) is 6.95. The Morgan fingerprint density at radius 3 is 1.94 bits per heavy atom. The number of rotatable bonds is 11. The molecule has 1 aromatic rings. The van der Waals surface area contributed by atoms with Gasteiger partial charge in [0.25, 0.3) is 0 Å². The maximum Gasteiger partial charge on any atom is 0.148 e. The van der Waals surface area contributed by atoms with Gasteiger partial charge in [0.05, 0.1) is 0 Å². The summed E-state index contributed by atoms with van der Waals surface area (Å²) in [6.07, 6.45) is 14.1. The zero-order chi connectivity index (χ0) is 12.2. The summed E-state index contributed by atoms with van der Waals surface area (Å²) in [5, 5.41) is 13.8. The van der Waals surface area contributed by atoms with E-state index in [9.17, 15) is 0 Å². The van der Waals surface area contributed by atoms with E-state index in [1.807, 2.05) is 0 Å². The number of aryl methyl sites for hydroxylation is 1. The Labute approximate surface area is 105 Å². The molecular weight excluding hydrogens is 212 g/mol. The van der Waals surface area contributed by atoms with Crippen LogP contribution in [-0.2, 0) is 6.42 Å². The first kappa shape index (κ1) is 14.1. The van der Waals surface area contributed by atoms with E-state index in [1.54, 1.807) is 0 Å². The number of hydrogen-bond donors (Lipinski definition) is 1. The smallest absolute Gasteiger partial charge is 0.148 e. The normalized spacial score (nSPS) is 10.9. The van der Waals surface area contributed by atoms with Gasteiger partial charge in [-0.3, -0.25) is 0 Å². The minimum Gasteiger partial charge on any atom is -0.243 e. The van der Waals surface area contributed by atoms with Crippen LogP contribution in [0.2, 0.25) is 0 Å². The summed E-state index contributed by atoms with van der Waals surface area (Å²) in [5.74, 6) is 0.915. The average molecular weight is 237 g/mol. The van der Waals surface area contributed by atoms with Gasteiger partial charge in [-0.05, 0) is 16.8 Å². The molecule has 0 spiro atoms. The minimum absolute atomic E-state index is 0.915. The van der Waals surface area contributed by atoms with Crippen molar-refractivity contribution in [2.75, 3.05) is 0 Å². The van der Waals surface area contributed by atoms with Gasteiger partial charge in [0.15, 0.2) is 0 Å². The quantitative estimate of drug-likeness (QED) is 0.599. The molecule has 4 nitrogen and oxygen atoms in total. The standard InChI is InChI=1S/C13H25N4/c1-2-3-4-5-6-7-8-9-10-11-12-13-14-16-17-15-13/h1-12H2,(H,14,15,16,17). The minimum atomic E-state index is 0.915. The van der Waals surface area contributed by atoms with E-state index in [-0.39, 0.29) is 0 Å². The summed E-state index contributed by atoms with van der Waals surface area (Å²) in [5.41, 5.74) is 0. The lowest BCUT2D eigenvalue weighted by Gasteiger charge is -2.01. The van der Waals surface area contributed by atoms with Crippen molar-refractivity contribution in [2.24, 2.45) is 0 Å². The number of tetrazole rings is 1. The second kappa shape index (κ2) is 10.2. The summed E-state index contributed by atoms with van der Waals surface area (Å²) in [6.45, 7) is 3.86. The molecular formula is C13H25N4. The van der Waals surface area contributed by atoms with Gasteiger partial charge in [0.1, 0.15) is 5.82 Å². The Hall–Kier alpha value is -0.930. The number of hydrogen-bond acceptors (Lipinski definition) is 3. The third kappa shape index (κ3) is 7.88. The molecule has 0 fully saturated rings. The highest BCUT2D eigenvalue weighted by molar-refractivity contribution is 4.74. The van der Waals surface area contributed by atoms with Crippen molar-refractivity contribution in [3.05, 3.63) is 12.7 Å². The van der Waals surface area contributed by atoms with Crippen LogP contribution in [-0.4, -0.2) is 20.6 Å². The summed E-state index contributed by atoms with van der Waals surface area (Å²) in [6, 6.07) is 0. The molecule has 0 saturated heterocycles. The van der Waals surface area contributed by atoms with Crippen LogP contribution in [0.15, 0.2) is 0 Å². The van der Waals surface area contributed by atoms with Crippen molar-refractivity contribution in [2.45, 2.75) is 70.6 Å². The molecule has 17 heavy (non-hydrogen) atoms. The fourth-order valence-corrected chi connectivity index (χ4v) is 1.99. The second-order valence-electron chi connectivity index (χ2n) is 4.63. The van der Waals surface area contributed by atoms with E-state index >= 15 is 0 Å². The molecule has 4 heteroatoms. The SMILES string of the molecule is [CH2]CCCCCCCCCCCc1nnn[nH]1. The van der Waals surface area contributed by atoms with Gasteiger partial charge in [-0.1, -0.05) is 64.7 Å². The highest BCUT2D eigenvalue weighted by atomic mass is 15.5. The molecule has 0 saturated carbocycles. The van der Waals surface area contributed by atoms with E-state index in [2.05, 4.69) is 27.5 Å². The van der Waals surface area contributed by atoms with Crippen molar-refractivity contribution in [3.8, 4) is 0 Å². The van der Waals surface area contributed by atoms with Gasteiger partial charge in [-0.15, -0.1) is 5.10 Å². The molecule has 0 aromatic carbocycles. The fourth-order valence-electron chi connectivity index (χ4n) is 1.99. The molecule has 0 bridgehead atoms. The number of nitrogens with one attached hydrogen (secondary N) is 1. The molecule has 0 aliphatic heterocycles. The molecule has 0 unspecified atom stereocenters.